The molecule has 18 heavy (non-hydrogen) atoms. The van der Waals surface area contributed by atoms with Gasteiger partial charge in [-0.3, -0.25) is 14.6 Å². The lowest BCUT2D eigenvalue weighted by Gasteiger charge is -2.20. The van der Waals surface area contributed by atoms with Crippen LogP contribution in [0, 0.1) is 0 Å². The van der Waals surface area contributed by atoms with E-state index in [9.17, 15) is 9.59 Å². The van der Waals surface area contributed by atoms with Crippen LogP contribution in [0.4, 0.5) is 0 Å². The van der Waals surface area contributed by atoms with Crippen LogP contribution in [0.15, 0.2) is 12.4 Å². The zero-order valence-electron chi connectivity index (χ0n) is 10.5. The van der Waals surface area contributed by atoms with Crippen LogP contribution in [0.2, 0.25) is 5.15 Å². The Morgan fingerprint density at radius 2 is 2.00 bits per heavy atom. The van der Waals surface area contributed by atoms with Gasteiger partial charge in [0, 0.05) is 5.54 Å². The third-order valence-corrected chi connectivity index (χ3v) is 1.94. The van der Waals surface area contributed by atoms with Crippen molar-refractivity contribution < 1.29 is 9.59 Å². The lowest BCUT2D eigenvalue weighted by molar-refractivity contribution is -0.121. The number of amides is 2. The minimum atomic E-state index is -0.492. The molecule has 0 atom stereocenters. The van der Waals surface area contributed by atoms with E-state index >= 15 is 0 Å². The summed E-state index contributed by atoms with van der Waals surface area (Å²) < 4.78 is 0. The molecule has 0 aliphatic carbocycles. The van der Waals surface area contributed by atoms with Crippen LogP contribution in [0.5, 0.6) is 0 Å². The van der Waals surface area contributed by atoms with Crippen molar-refractivity contribution in [2.24, 2.45) is 0 Å². The average molecular weight is 271 g/mol. The molecule has 0 unspecified atom stereocenters. The number of nitrogens with zero attached hydrogens (tertiary/aromatic N) is 2. The van der Waals surface area contributed by atoms with Crippen LogP contribution < -0.4 is 10.6 Å². The van der Waals surface area contributed by atoms with Crippen LogP contribution in [0.1, 0.15) is 31.3 Å². The molecule has 0 aromatic carbocycles. The minimum Gasteiger partial charge on any atom is -0.350 e. The van der Waals surface area contributed by atoms with Crippen molar-refractivity contribution in [3.63, 3.8) is 0 Å². The summed E-state index contributed by atoms with van der Waals surface area (Å²) in [6, 6.07) is 0. The molecule has 1 rings (SSSR count). The average Bonchev–Trinajstić information content (AvgIpc) is 2.23. The highest BCUT2D eigenvalue weighted by Crippen LogP contribution is 2.02. The fourth-order valence-corrected chi connectivity index (χ4v) is 1.31. The van der Waals surface area contributed by atoms with E-state index in [0.717, 1.165) is 0 Å². The molecule has 0 bridgehead atoms. The number of carbonyl (C=O) groups excluding carboxylic acids is 2. The fraction of sp³-hybridized carbons (Fsp3) is 0.455. The molecular weight excluding hydrogens is 256 g/mol. The maximum atomic E-state index is 11.6. The SMILES string of the molecule is CC(C)(C)NC(=O)CNC(=O)c1cncc(Cl)n1. The molecule has 7 heteroatoms. The third kappa shape index (κ3) is 5.09. The van der Waals surface area contributed by atoms with Crippen molar-refractivity contribution in [2.75, 3.05) is 6.54 Å². The van der Waals surface area contributed by atoms with Crippen LogP contribution >= 0.6 is 11.6 Å². The summed E-state index contributed by atoms with van der Waals surface area (Å²) in [4.78, 5) is 30.6. The van der Waals surface area contributed by atoms with Crippen LogP contribution in [0.3, 0.4) is 0 Å². The Morgan fingerprint density at radius 3 is 2.56 bits per heavy atom. The van der Waals surface area contributed by atoms with Crippen LogP contribution in [-0.2, 0) is 4.79 Å². The standard InChI is InChI=1S/C11H15ClN4O2/c1-11(2,3)16-9(17)6-14-10(18)7-4-13-5-8(12)15-7/h4-5H,6H2,1-3H3,(H,14,18)(H,16,17). The van der Waals surface area contributed by atoms with E-state index in [4.69, 9.17) is 11.6 Å². The first-order valence-corrected chi connectivity index (χ1v) is 5.72. The Balaban J connectivity index is 2.49. The fourth-order valence-electron chi connectivity index (χ4n) is 1.17. The zero-order chi connectivity index (χ0) is 13.8. The highest BCUT2D eigenvalue weighted by Gasteiger charge is 2.15. The summed E-state index contributed by atoms with van der Waals surface area (Å²) in [6.45, 7) is 5.45. The highest BCUT2D eigenvalue weighted by atomic mass is 35.5. The van der Waals surface area contributed by atoms with E-state index < -0.39 is 5.91 Å². The van der Waals surface area contributed by atoms with Crippen molar-refractivity contribution in [2.45, 2.75) is 26.3 Å². The quantitative estimate of drug-likeness (QED) is 0.850. The highest BCUT2D eigenvalue weighted by molar-refractivity contribution is 6.29. The van der Waals surface area contributed by atoms with Crippen molar-refractivity contribution in [3.8, 4) is 0 Å². The molecule has 0 saturated heterocycles. The van der Waals surface area contributed by atoms with E-state index in [0.29, 0.717) is 0 Å². The number of halogens is 1. The Hall–Kier alpha value is -1.69. The van der Waals surface area contributed by atoms with Gasteiger partial charge in [-0.1, -0.05) is 11.6 Å². The van der Waals surface area contributed by atoms with Gasteiger partial charge in [-0.05, 0) is 20.8 Å². The second-order valence-corrected chi connectivity index (χ2v) is 5.10. The number of carbonyl (C=O) groups is 2. The van der Waals surface area contributed by atoms with E-state index in [-0.39, 0.29) is 28.8 Å². The molecular formula is C11H15ClN4O2. The van der Waals surface area contributed by atoms with E-state index in [1.165, 1.54) is 12.4 Å². The zero-order valence-corrected chi connectivity index (χ0v) is 11.2. The maximum absolute atomic E-state index is 11.6. The molecule has 0 radical (unpaired) electrons. The van der Waals surface area contributed by atoms with Gasteiger partial charge in [-0.2, -0.15) is 0 Å². The summed E-state index contributed by atoms with van der Waals surface area (Å²) in [5, 5.41) is 5.28. The molecule has 0 aliphatic heterocycles. The van der Waals surface area contributed by atoms with Gasteiger partial charge in [0.05, 0.1) is 18.9 Å². The molecule has 0 aliphatic rings. The maximum Gasteiger partial charge on any atom is 0.271 e. The predicted molar refractivity (Wildman–Crippen MR) is 67.3 cm³/mol. The van der Waals surface area contributed by atoms with Gasteiger partial charge in [0.1, 0.15) is 10.8 Å². The van der Waals surface area contributed by atoms with Gasteiger partial charge in [0.15, 0.2) is 0 Å². The van der Waals surface area contributed by atoms with E-state index in [1.807, 2.05) is 20.8 Å². The molecule has 0 fully saturated rings. The van der Waals surface area contributed by atoms with E-state index in [2.05, 4.69) is 20.6 Å². The van der Waals surface area contributed by atoms with Crippen molar-refractivity contribution >= 4 is 23.4 Å². The summed E-state index contributed by atoms with van der Waals surface area (Å²) in [5.41, 5.74) is -0.261. The number of nitrogens with one attached hydrogen (secondary N) is 2. The van der Waals surface area contributed by atoms with Crippen molar-refractivity contribution in [1.82, 2.24) is 20.6 Å². The molecule has 0 saturated carbocycles. The molecule has 0 spiro atoms. The number of rotatable bonds is 3. The second kappa shape index (κ2) is 5.77. The Kier molecular flexibility index (Phi) is 4.61. The molecule has 1 aromatic heterocycles. The van der Waals surface area contributed by atoms with Gasteiger partial charge in [0.2, 0.25) is 5.91 Å². The lowest BCUT2D eigenvalue weighted by atomic mass is 10.1. The normalized spacial score (nSPS) is 10.9. The molecule has 2 N–H and O–H groups in total. The second-order valence-electron chi connectivity index (χ2n) is 4.71. The summed E-state index contributed by atoms with van der Waals surface area (Å²) in [7, 11) is 0. The first kappa shape index (κ1) is 14.4. The van der Waals surface area contributed by atoms with Gasteiger partial charge in [-0.25, -0.2) is 4.98 Å². The summed E-state index contributed by atoms with van der Waals surface area (Å²) in [5.74, 6) is -0.764. The van der Waals surface area contributed by atoms with Crippen molar-refractivity contribution in [3.05, 3.63) is 23.2 Å². The van der Waals surface area contributed by atoms with Gasteiger partial charge in [0.25, 0.3) is 5.91 Å². The minimum absolute atomic E-state index is 0.0751. The van der Waals surface area contributed by atoms with E-state index in [1.54, 1.807) is 0 Å². The Labute approximate surface area is 110 Å². The smallest absolute Gasteiger partial charge is 0.271 e. The molecule has 1 heterocycles. The largest absolute Gasteiger partial charge is 0.350 e. The molecule has 1 aromatic rings. The molecule has 2 amide bonds. The third-order valence-electron chi connectivity index (χ3n) is 1.76. The Morgan fingerprint density at radius 1 is 1.33 bits per heavy atom. The summed E-state index contributed by atoms with van der Waals surface area (Å²) in [6.07, 6.45) is 2.60. The van der Waals surface area contributed by atoms with Gasteiger partial charge >= 0.3 is 0 Å². The van der Waals surface area contributed by atoms with Crippen molar-refractivity contribution in [1.29, 1.82) is 0 Å². The van der Waals surface area contributed by atoms with Gasteiger partial charge in [-0.15, -0.1) is 0 Å². The molecule has 98 valence electrons. The number of hydrogen-bond donors (Lipinski definition) is 2. The van der Waals surface area contributed by atoms with Gasteiger partial charge < -0.3 is 10.6 Å². The summed E-state index contributed by atoms with van der Waals surface area (Å²) >= 11 is 5.61. The first-order valence-electron chi connectivity index (χ1n) is 5.35. The molecule has 6 nitrogen and oxygen atoms in total. The monoisotopic (exact) mass is 270 g/mol. The lowest BCUT2D eigenvalue weighted by Crippen LogP contribution is -2.45. The Bertz CT molecular complexity index is 457. The van der Waals surface area contributed by atoms with Crippen LogP contribution in [-0.4, -0.2) is 33.9 Å². The predicted octanol–water partition coefficient (Wildman–Crippen LogP) is 0.774. The first-order chi connectivity index (χ1) is 8.28. The number of aromatic nitrogens is 2. The topological polar surface area (TPSA) is 84.0 Å². The van der Waals surface area contributed by atoms with Crippen LogP contribution in [0.25, 0.3) is 0 Å². The number of hydrogen-bond acceptors (Lipinski definition) is 4.